The maximum atomic E-state index is 4.24. The molecule has 3 rings (SSSR count). The molecule has 33 heavy (non-hydrogen) atoms. The summed E-state index contributed by atoms with van der Waals surface area (Å²) in [4.78, 5) is 0. The first-order valence-electron chi connectivity index (χ1n) is 12.0. The molecule has 2 aromatic carbocycles. The number of aryl methyl sites for hydroxylation is 1. The van der Waals surface area contributed by atoms with Crippen LogP contribution in [0.3, 0.4) is 0 Å². The monoisotopic (exact) mass is 552 g/mol. The molecule has 0 heterocycles. The Labute approximate surface area is 214 Å². The zero-order valence-corrected chi connectivity index (χ0v) is 22.1. The minimum Gasteiger partial charge on any atom is -0.315 e. The molecule has 0 fully saturated rings. The van der Waals surface area contributed by atoms with Crippen molar-refractivity contribution >= 4 is 28.7 Å². The van der Waals surface area contributed by atoms with Crippen LogP contribution in [0.15, 0.2) is 96.6 Å². The Morgan fingerprint density at radius 1 is 1.12 bits per heavy atom. The molecule has 174 valence electrons. The van der Waals surface area contributed by atoms with Crippen molar-refractivity contribution in [1.29, 1.82) is 0 Å². The lowest BCUT2D eigenvalue weighted by molar-refractivity contribution is 0.416. The van der Waals surface area contributed by atoms with E-state index in [-0.39, 0.29) is 0 Å². The van der Waals surface area contributed by atoms with E-state index in [9.17, 15) is 0 Å². The average Bonchev–Trinajstić information content (AvgIpc) is 2.83. The van der Waals surface area contributed by atoms with Gasteiger partial charge in [0.05, 0.1) is 0 Å². The van der Waals surface area contributed by atoms with Crippen LogP contribution >= 0.6 is 22.6 Å². The lowest BCUT2D eigenvalue weighted by Gasteiger charge is -2.32. The summed E-state index contributed by atoms with van der Waals surface area (Å²) in [6.45, 7) is 10.4. The fourth-order valence-corrected chi connectivity index (χ4v) is 5.05. The summed E-state index contributed by atoms with van der Waals surface area (Å²) >= 11 is 2.56. The first kappa shape index (κ1) is 25.7. The smallest absolute Gasteiger partial charge is 0.0488 e. The number of rotatable bonds is 12. The highest BCUT2D eigenvalue weighted by Crippen LogP contribution is 2.33. The minimum atomic E-state index is 0.302. The van der Waals surface area contributed by atoms with Gasteiger partial charge in [-0.25, -0.2) is 0 Å². The largest absolute Gasteiger partial charge is 0.315 e. The minimum absolute atomic E-state index is 0.302. The van der Waals surface area contributed by atoms with E-state index < -0.39 is 0 Å². The number of hydrogen-bond donors (Lipinski definition) is 2. The van der Waals surface area contributed by atoms with Gasteiger partial charge in [0, 0.05) is 22.6 Å². The summed E-state index contributed by atoms with van der Waals surface area (Å²) < 4.78 is 0.422. The zero-order chi connectivity index (χ0) is 23.5. The van der Waals surface area contributed by atoms with Gasteiger partial charge in [-0.2, -0.15) is 0 Å². The van der Waals surface area contributed by atoms with Crippen molar-refractivity contribution in [3.63, 3.8) is 0 Å². The highest BCUT2D eigenvalue weighted by atomic mass is 127. The highest BCUT2D eigenvalue weighted by Gasteiger charge is 2.26. The van der Waals surface area contributed by atoms with E-state index in [2.05, 4.69) is 139 Å². The van der Waals surface area contributed by atoms with Crippen molar-refractivity contribution in [2.75, 3.05) is 13.1 Å². The van der Waals surface area contributed by atoms with Crippen LogP contribution in [0.2, 0.25) is 0 Å². The van der Waals surface area contributed by atoms with Gasteiger partial charge in [0.15, 0.2) is 0 Å². The van der Waals surface area contributed by atoms with Gasteiger partial charge in [0.1, 0.15) is 0 Å². The maximum absolute atomic E-state index is 4.24. The lowest BCUT2D eigenvalue weighted by Crippen LogP contribution is -2.44. The van der Waals surface area contributed by atoms with Gasteiger partial charge in [-0.3, -0.25) is 0 Å². The molecule has 3 atom stereocenters. The molecule has 1 aliphatic carbocycles. The van der Waals surface area contributed by atoms with Crippen molar-refractivity contribution in [2.45, 2.75) is 49.1 Å². The first-order chi connectivity index (χ1) is 16.1. The van der Waals surface area contributed by atoms with E-state index in [1.165, 1.54) is 22.3 Å². The summed E-state index contributed by atoms with van der Waals surface area (Å²) in [5.74, 6) is 0. The van der Waals surface area contributed by atoms with Crippen molar-refractivity contribution in [3.05, 3.63) is 113 Å². The summed E-state index contributed by atoms with van der Waals surface area (Å²) in [6.07, 6.45) is 14.2. The molecule has 3 heteroatoms. The van der Waals surface area contributed by atoms with E-state index in [1.54, 1.807) is 0 Å². The second kappa shape index (κ2) is 13.7. The molecule has 2 nitrogen and oxygen atoms in total. The third-order valence-electron chi connectivity index (χ3n) is 6.08. The second-order valence-electron chi connectivity index (χ2n) is 8.77. The van der Waals surface area contributed by atoms with Crippen LogP contribution in [0.1, 0.15) is 49.4 Å². The van der Waals surface area contributed by atoms with Gasteiger partial charge in [-0.1, -0.05) is 120 Å². The van der Waals surface area contributed by atoms with Crippen molar-refractivity contribution < 1.29 is 0 Å². The third kappa shape index (κ3) is 8.09. The van der Waals surface area contributed by atoms with Crippen molar-refractivity contribution in [1.82, 2.24) is 10.6 Å². The van der Waals surface area contributed by atoms with Gasteiger partial charge in [-0.05, 0) is 61.9 Å². The first-order valence-corrected chi connectivity index (χ1v) is 13.2. The SMILES string of the molecule is C=C(C)/C(=C\C=C/C)CC(CNCCCc1ccccc1)NC1c2ccccc2C=CC1I. The van der Waals surface area contributed by atoms with Gasteiger partial charge in [0.25, 0.3) is 0 Å². The molecule has 0 spiro atoms. The van der Waals surface area contributed by atoms with Gasteiger partial charge < -0.3 is 10.6 Å². The van der Waals surface area contributed by atoms with Gasteiger partial charge >= 0.3 is 0 Å². The number of nitrogens with one attached hydrogen (secondary N) is 2. The number of halogens is 1. The topological polar surface area (TPSA) is 24.1 Å². The molecule has 0 amide bonds. The van der Waals surface area contributed by atoms with Crippen LogP contribution in [0.5, 0.6) is 0 Å². The Morgan fingerprint density at radius 2 is 1.88 bits per heavy atom. The Bertz CT molecular complexity index is 974. The Morgan fingerprint density at radius 3 is 2.64 bits per heavy atom. The predicted molar refractivity (Wildman–Crippen MR) is 153 cm³/mol. The summed E-state index contributed by atoms with van der Waals surface area (Å²) in [6, 6.07) is 20.1. The molecule has 3 unspecified atom stereocenters. The van der Waals surface area contributed by atoms with E-state index >= 15 is 0 Å². The van der Waals surface area contributed by atoms with E-state index in [0.29, 0.717) is 16.0 Å². The molecule has 0 saturated carbocycles. The number of hydrogen-bond acceptors (Lipinski definition) is 2. The maximum Gasteiger partial charge on any atom is 0.0488 e. The summed E-state index contributed by atoms with van der Waals surface area (Å²) in [7, 11) is 0. The van der Waals surface area contributed by atoms with Crippen LogP contribution in [-0.2, 0) is 6.42 Å². The number of allylic oxidation sites excluding steroid dienone is 4. The molecule has 0 saturated heterocycles. The Hall–Kier alpha value is -1.95. The quantitative estimate of drug-likeness (QED) is 0.126. The number of alkyl halides is 1. The lowest BCUT2D eigenvalue weighted by atomic mass is 9.91. The van der Waals surface area contributed by atoms with Crippen LogP contribution in [0.4, 0.5) is 0 Å². The molecule has 1 aliphatic rings. The van der Waals surface area contributed by atoms with Crippen LogP contribution in [-0.4, -0.2) is 23.1 Å². The van der Waals surface area contributed by atoms with Crippen LogP contribution < -0.4 is 10.6 Å². The van der Waals surface area contributed by atoms with Crippen molar-refractivity contribution in [2.24, 2.45) is 0 Å². The predicted octanol–water partition coefficient (Wildman–Crippen LogP) is 7.21. The van der Waals surface area contributed by atoms with Gasteiger partial charge in [0.2, 0.25) is 0 Å². The molecule has 2 N–H and O–H groups in total. The fraction of sp³-hybridized carbons (Fsp3) is 0.333. The van der Waals surface area contributed by atoms with Crippen molar-refractivity contribution in [3.8, 4) is 0 Å². The summed E-state index contributed by atoms with van der Waals surface area (Å²) in [5, 5.41) is 7.73. The molecule has 0 aromatic heterocycles. The van der Waals surface area contributed by atoms with E-state index in [4.69, 9.17) is 0 Å². The third-order valence-corrected chi connectivity index (χ3v) is 7.22. The number of fused-ring (bicyclic) bond motifs is 1. The normalized spacial score (nSPS) is 18.9. The average molecular weight is 553 g/mol. The molecule has 0 bridgehead atoms. The Balaban J connectivity index is 1.67. The van der Waals surface area contributed by atoms with Crippen LogP contribution in [0.25, 0.3) is 6.08 Å². The molecular weight excluding hydrogens is 515 g/mol. The van der Waals surface area contributed by atoms with Crippen LogP contribution in [0, 0.1) is 0 Å². The molecular formula is C30H37IN2. The fourth-order valence-electron chi connectivity index (χ4n) is 4.25. The van der Waals surface area contributed by atoms with E-state index in [0.717, 1.165) is 37.9 Å². The van der Waals surface area contributed by atoms with E-state index in [1.807, 2.05) is 0 Å². The molecule has 0 radical (unpaired) electrons. The Kier molecular flexibility index (Phi) is 10.6. The number of benzene rings is 2. The second-order valence-corrected chi connectivity index (χ2v) is 10.2. The highest BCUT2D eigenvalue weighted by molar-refractivity contribution is 14.1. The molecule has 2 aromatic rings. The van der Waals surface area contributed by atoms with Gasteiger partial charge in [-0.15, -0.1) is 0 Å². The summed E-state index contributed by atoms with van der Waals surface area (Å²) in [5.41, 5.74) is 6.57. The zero-order valence-electron chi connectivity index (χ0n) is 19.9. The standard InChI is InChI=1S/C30H37IN2/c1-4-5-15-26(23(2)3)21-27(22-32-20-11-14-24-12-7-6-8-13-24)33-30-28-17-10-9-16-25(28)18-19-29(30)31/h4-10,12-13,15-19,27,29-30,32-33H,2,11,14,20-22H2,1,3H3/b5-4-,26-15-. The molecule has 0 aliphatic heterocycles.